The van der Waals surface area contributed by atoms with E-state index < -0.39 is 0 Å². The third kappa shape index (κ3) is 4.07. The Kier molecular flexibility index (Phi) is 4.02. The molecule has 0 amide bonds. The second-order valence-corrected chi connectivity index (χ2v) is 4.26. The maximum atomic E-state index is 3.40. The van der Waals surface area contributed by atoms with E-state index in [0.29, 0.717) is 0 Å². The first kappa shape index (κ1) is 10.0. The van der Waals surface area contributed by atoms with Gasteiger partial charge in [0.25, 0.3) is 0 Å². The summed E-state index contributed by atoms with van der Waals surface area (Å²) >= 11 is 0. The predicted molar refractivity (Wildman–Crippen MR) is 53.4 cm³/mol. The predicted octanol–water partition coefficient (Wildman–Crippen LogP) is 1.33. The van der Waals surface area contributed by atoms with Crippen molar-refractivity contribution in [3.63, 3.8) is 0 Å². The first-order valence-corrected chi connectivity index (χ1v) is 5.04. The molecule has 1 fully saturated rings. The average molecular weight is 170 g/mol. The van der Waals surface area contributed by atoms with E-state index in [-0.39, 0.29) is 0 Å². The van der Waals surface area contributed by atoms with Gasteiger partial charge in [-0.15, -0.1) is 0 Å². The highest BCUT2D eigenvalue weighted by molar-refractivity contribution is 4.79. The third-order valence-corrected chi connectivity index (χ3v) is 2.65. The monoisotopic (exact) mass is 170 g/mol. The molecule has 1 aliphatic rings. The van der Waals surface area contributed by atoms with Gasteiger partial charge in [0, 0.05) is 6.04 Å². The summed E-state index contributed by atoms with van der Waals surface area (Å²) in [6.07, 6.45) is 5.63. The van der Waals surface area contributed by atoms with Crippen LogP contribution in [0.15, 0.2) is 0 Å². The van der Waals surface area contributed by atoms with Gasteiger partial charge in [-0.05, 0) is 46.4 Å². The van der Waals surface area contributed by atoms with Crippen LogP contribution in [0.3, 0.4) is 0 Å². The molecule has 0 heterocycles. The summed E-state index contributed by atoms with van der Waals surface area (Å²) in [6, 6.07) is 0.750. The lowest BCUT2D eigenvalue weighted by Crippen LogP contribution is -2.29. The molecule has 0 aliphatic heterocycles. The Morgan fingerprint density at radius 1 is 1.42 bits per heavy atom. The summed E-state index contributed by atoms with van der Waals surface area (Å²) in [5.74, 6) is 1.05. The summed E-state index contributed by atoms with van der Waals surface area (Å²) in [6.45, 7) is 1.21. The third-order valence-electron chi connectivity index (χ3n) is 2.65. The highest BCUT2D eigenvalue weighted by atomic mass is 15.1. The van der Waals surface area contributed by atoms with E-state index in [1.165, 1.54) is 32.2 Å². The van der Waals surface area contributed by atoms with Crippen molar-refractivity contribution in [3.05, 3.63) is 0 Å². The molecule has 2 heteroatoms. The Hall–Kier alpha value is -0.0800. The van der Waals surface area contributed by atoms with Crippen molar-refractivity contribution in [1.29, 1.82) is 0 Å². The number of rotatable bonds is 6. The van der Waals surface area contributed by atoms with Gasteiger partial charge >= 0.3 is 0 Å². The quantitative estimate of drug-likeness (QED) is 0.647. The highest BCUT2D eigenvalue weighted by Gasteiger charge is 2.24. The Balaban J connectivity index is 2.06. The van der Waals surface area contributed by atoms with Gasteiger partial charge in [0.2, 0.25) is 0 Å². The van der Waals surface area contributed by atoms with Gasteiger partial charge in [-0.2, -0.15) is 0 Å². The van der Waals surface area contributed by atoms with E-state index >= 15 is 0 Å². The molecule has 1 rings (SSSR count). The van der Waals surface area contributed by atoms with Crippen molar-refractivity contribution in [3.8, 4) is 0 Å². The SMILES string of the molecule is CNC(CCN(C)C)CC1CC1. The minimum Gasteiger partial charge on any atom is -0.317 e. The Morgan fingerprint density at radius 2 is 2.08 bits per heavy atom. The summed E-state index contributed by atoms with van der Waals surface area (Å²) in [4.78, 5) is 2.26. The standard InChI is InChI=1S/C10H22N2/c1-11-10(6-7-12(2)3)8-9-4-5-9/h9-11H,4-8H2,1-3H3. The van der Waals surface area contributed by atoms with E-state index in [1.807, 2.05) is 0 Å². The molecule has 0 saturated heterocycles. The molecule has 1 atom stereocenters. The van der Waals surface area contributed by atoms with Crippen LogP contribution < -0.4 is 5.32 Å². The maximum Gasteiger partial charge on any atom is 0.00788 e. The molecule has 1 unspecified atom stereocenters. The van der Waals surface area contributed by atoms with E-state index in [2.05, 4.69) is 31.4 Å². The molecule has 0 spiro atoms. The van der Waals surface area contributed by atoms with E-state index in [4.69, 9.17) is 0 Å². The van der Waals surface area contributed by atoms with Gasteiger partial charge in [-0.3, -0.25) is 0 Å². The van der Waals surface area contributed by atoms with Gasteiger partial charge < -0.3 is 10.2 Å². The van der Waals surface area contributed by atoms with Crippen LogP contribution in [0.5, 0.6) is 0 Å². The van der Waals surface area contributed by atoms with Crippen molar-refractivity contribution in [2.75, 3.05) is 27.7 Å². The molecule has 0 bridgehead atoms. The Morgan fingerprint density at radius 3 is 2.50 bits per heavy atom. The normalized spacial score (nSPS) is 20.0. The van der Waals surface area contributed by atoms with Crippen molar-refractivity contribution >= 4 is 0 Å². The fraction of sp³-hybridized carbons (Fsp3) is 1.00. The van der Waals surface area contributed by atoms with Crippen molar-refractivity contribution in [2.45, 2.75) is 31.7 Å². The second-order valence-electron chi connectivity index (χ2n) is 4.26. The molecule has 1 aliphatic carbocycles. The molecule has 0 radical (unpaired) electrons. The van der Waals surface area contributed by atoms with E-state index in [1.54, 1.807) is 0 Å². The number of nitrogens with one attached hydrogen (secondary N) is 1. The number of hydrogen-bond acceptors (Lipinski definition) is 2. The zero-order valence-corrected chi connectivity index (χ0v) is 8.64. The largest absolute Gasteiger partial charge is 0.317 e. The summed E-state index contributed by atoms with van der Waals surface area (Å²) in [7, 11) is 6.37. The topological polar surface area (TPSA) is 15.3 Å². The van der Waals surface area contributed by atoms with Crippen LogP contribution in [0.1, 0.15) is 25.7 Å². The van der Waals surface area contributed by atoms with Crippen LogP contribution in [-0.4, -0.2) is 38.6 Å². The van der Waals surface area contributed by atoms with Crippen LogP contribution in [-0.2, 0) is 0 Å². The zero-order chi connectivity index (χ0) is 8.97. The van der Waals surface area contributed by atoms with Crippen LogP contribution >= 0.6 is 0 Å². The number of hydrogen-bond donors (Lipinski definition) is 1. The van der Waals surface area contributed by atoms with Gasteiger partial charge in [0.1, 0.15) is 0 Å². The maximum absolute atomic E-state index is 3.40. The first-order chi connectivity index (χ1) is 5.72. The lowest BCUT2D eigenvalue weighted by atomic mass is 10.1. The van der Waals surface area contributed by atoms with Crippen LogP contribution in [0, 0.1) is 5.92 Å². The smallest absolute Gasteiger partial charge is 0.00788 e. The van der Waals surface area contributed by atoms with Gasteiger partial charge in [-0.1, -0.05) is 12.8 Å². The lowest BCUT2D eigenvalue weighted by molar-refractivity contribution is 0.351. The zero-order valence-electron chi connectivity index (χ0n) is 8.64. The fourth-order valence-corrected chi connectivity index (χ4v) is 1.55. The molecule has 1 N–H and O–H groups in total. The molecule has 0 aromatic rings. The molecular weight excluding hydrogens is 148 g/mol. The van der Waals surface area contributed by atoms with Crippen molar-refractivity contribution in [2.24, 2.45) is 5.92 Å². The molecule has 12 heavy (non-hydrogen) atoms. The van der Waals surface area contributed by atoms with Gasteiger partial charge in [-0.25, -0.2) is 0 Å². The number of nitrogens with zero attached hydrogens (tertiary/aromatic N) is 1. The molecule has 1 saturated carbocycles. The highest BCUT2D eigenvalue weighted by Crippen LogP contribution is 2.33. The average Bonchev–Trinajstić information content (AvgIpc) is 2.81. The van der Waals surface area contributed by atoms with Gasteiger partial charge in [0.15, 0.2) is 0 Å². The summed E-state index contributed by atoms with van der Waals surface area (Å²) in [5, 5.41) is 3.40. The minimum atomic E-state index is 0.750. The van der Waals surface area contributed by atoms with Crippen LogP contribution in [0.2, 0.25) is 0 Å². The molecule has 0 aromatic heterocycles. The Labute approximate surface area is 76.3 Å². The Bertz CT molecular complexity index is 119. The van der Waals surface area contributed by atoms with Gasteiger partial charge in [0.05, 0.1) is 0 Å². The van der Waals surface area contributed by atoms with Crippen molar-refractivity contribution < 1.29 is 0 Å². The second kappa shape index (κ2) is 4.83. The molecular formula is C10H22N2. The lowest BCUT2D eigenvalue weighted by Gasteiger charge is -2.18. The van der Waals surface area contributed by atoms with Crippen LogP contribution in [0.25, 0.3) is 0 Å². The summed E-state index contributed by atoms with van der Waals surface area (Å²) in [5.41, 5.74) is 0. The fourth-order valence-electron chi connectivity index (χ4n) is 1.55. The first-order valence-electron chi connectivity index (χ1n) is 5.04. The molecule has 0 aromatic carbocycles. The van der Waals surface area contributed by atoms with Crippen molar-refractivity contribution in [1.82, 2.24) is 10.2 Å². The minimum absolute atomic E-state index is 0.750. The van der Waals surface area contributed by atoms with E-state index in [9.17, 15) is 0 Å². The van der Waals surface area contributed by atoms with E-state index in [0.717, 1.165) is 12.0 Å². The summed E-state index contributed by atoms with van der Waals surface area (Å²) < 4.78 is 0. The molecule has 2 nitrogen and oxygen atoms in total. The van der Waals surface area contributed by atoms with Crippen LogP contribution in [0.4, 0.5) is 0 Å². The molecule has 72 valence electrons.